The van der Waals surface area contributed by atoms with Crippen LogP contribution in [0.25, 0.3) is 0 Å². The number of amides is 1. The van der Waals surface area contributed by atoms with Crippen molar-refractivity contribution in [1.29, 1.82) is 0 Å². The summed E-state index contributed by atoms with van der Waals surface area (Å²) in [5.74, 6) is -0.995. The van der Waals surface area contributed by atoms with Crippen LogP contribution in [-0.4, -0.2) is 25.8 Å². The van der Waals surface area contributed by atoms with Crippen molar-refractivity contribution >= 4 is 43.0 Å². The molecule has 1 amide bonds. The molecule has 0 aliphatic rings. The third-order valence-electron chi connectivity index (χ3n) is 2.43. The molecule has 3 N–H and O–H groups in total. The number of nitrogen functional groups attached to an aromatic ring is 1. The first kappa shape index (κ1) is 16.0. The van der Waals surface area contributed by atoms with Crippen LogP contribution in [0, 0.1) is 0 Å². The molecule has 0 aliphatic carbocycles. The largest absolute Gasteiger partial charge is 0.399 e. The number of halogens is 1. The molecule has 0 fully saturated rings. The summed E-state index contributed by atoms with van der Waals surface area (Å²) in [5.41, 5.74) is 6.64. The number of carbonyl (C=O) groups is 1. The van der Waals surface area contributed by atoms with Crippen LogP contribution in [0.2, 0.25) is 0 Å². The van der Waals surface area contributed by atoms with Crippen LogP contribution < -0.4 is 11.1 Å². The van der Waals surface area contributed by atoms with Crippen molar-refractivity contribution in [1.82, 2.24) is 0 Å². The number of nitrogens with two attached hydrogens (primary N) is 1. The second-order valence-corrected chi connectivity index (χ2v) is 7.27. The van der Waals surface area contributed by atoms with Gasteiger partial charge in [0.05, 0.1) is 11.4 Å². The number of sulfone groups is 1. The maximum absolute atomic E-state index is 11.7. The van der Waals surface area contributed by atoms with Gasteiger partial charge in [-0.1, -0.05) is 13.3 Å². The van der Waals surface area contributed by atoms with Gasteiger partial charge in [0.25, 0.3) is 0 Å². The zero-order chi connectivity index (χ0) is 14.5. The van der Waals surface area contributed by atoms with Crippen molar-refractivity contribution in [3.05, 3.63) is 22.7 Å². The molecule has 0 spiro atoms. The molecule has 0 atom stereocenters. The maximum Gasteiger partial charge on any atom is 0.239 e. The number of rotatable bonds is 6. The molecule has 0 aromatic heterocycles. The molecule has 0 heterocycles. The molecule has 7 heteroatoms. The quantitative estimate of drug-likeness (QED) is 0.771. The van der Waals surface area contributed by atoms with E-state index in [-0.39, 0.29) is 5.75 Å². The summed E-state index contributed by atoms with van der Waals surface area (Å²) < 4.78 is 23.9. The number of hydrogen-bond acceptors (Lipinski definition) is 4. The molecule has 5 nitrogen and oxygen atoms in total. The summed E-state index contributed by atoms with van der Waals surface area (Å²) in [6.45, 7) is 1.90. The van der Waals surface area contributed by atoms with Gasteiger partial charge in [-0.05, 0) is 40.5 Å². The normalized spacial score (nSPS) is 11.3. The van der Waals surface area contributed by atoms with Crippen LogP contribution in [0.4, 0.5) is 11.4 Å². The second kappa shape index (κ2) is 6.91. The summed E-state index contributed by atoms with van der Waals surface area (Å²) in [7, 11) is -3.34. The molecule has 1 rings (SSSR count). The first-order chi connectivity index (χ1) is 8.84. The lowest BCUT2D eigenvalue weighted by Crippen LogP contribution is -2.24. The Morgan fingerprint density at radius 2 is 2.11 bits per heavy atom. The van der Waals surface area contributed by atoms with Gasteiger partial charge in [0.2, 0.25) is 5.91 Å². The van der Waals surface area contributed by atoms with Gasteiger partial charge in [-0.2, -0.15) is 0 Å². The first-order valence-corrected chi connectivity index (χ1v) is 8.51. The fourth-order valence-electron chi connectivity index (χ4n) is 1.46. The van der Waals surface area contributed by atoms with E-state index in [1.54, 1.807) is 18.2 Å². The third kappa shape index (κ3) is 5.61. The fraction of sp³-hybridized carbons (Fsp3) is 0.417. The Hall–Kier alpha value is -1.08. The monoisotopic (exact) mass is 348 g/mol. The van der Waals surface area contributed by atoms with E-state index in [1.165, 1.54) is 0 Å². The van der Waals surface area contributed by atoms with Crippen LogP contribution in [-0.2, 0) is 14.6 Å². The highest BCUT2D eigenvalue weighted by Crippen LogP contribution is 2.24. The van der Waals surface area contributed by atoms with Crippen LogP contribution in [0.5, 0.6) is 0 Å². The molecular formula is C12H17BrN2O3S. The molecule has 1 aromatic carbocycles. The zero-order valence-electron chi connectivity index (χ0n) is 10.6. The van der Waals surface area contributed by atoms with Gasteiger partial charge in [0.1, 0.15) is 5.75 Å². The molecule has 19 heavy (non-hydrogen) atoms. The lowest BCUT2D eigenvalue weighted by atomic mass is 10.3. The standard InChI is InChI=1S/C12H17BrN2O3S/c1-2-3-6-19(17,18)8-12(16)15-11-5-4-9(14)7-10(11)13/h4-5,7H,2-3,6,8,14H2,1H3,(H,15,16). The van der Waals surface area contributed by atoms with Crippen LogP contribution >= 0.6 is 15.9 Å². The Kier molecular flexibility index (Phi) is 5.81. The van der Waals surface area contributed by atoms with E-state index in [4.69, 9.17) is 5.73 Å². The Labute approximate surface area is 121 Å². The summed E-state index contributed by atoms with van der Waals surface area (Å²) in [4.78, 5) is 11.7. The number of benzene rings is 1. The lowest BCUT2D eigenvalue weighted by Gasteiger charge is -2.08. The Bertz CT molecular complexity index is 558. The molecule has 106 valence electrons. The number of anilines is 2. The van der Waals surface area contributed by atoms with Crippen molar-refractivity contribution in [3.8, 4) is 0 Å². The van der Waals surface area contributed by atoms with Crippen molar-refractivity contribution in [3.63, 3.8) is 0 Å². The molecule has 1 aromatic rings. The van der Waals surface area contributed by atoms with Crippen LogP contribution in [0.15, 0.2) is 22.7 Å². The predicted octanol–water partition coefficient (Wildman–Crippen LogP) is 2.18. The van der Waals surface area contributed by atoms with Crippen molar-refractivity contribution < 1.29 is 13.2 Å². The van der Waals surface area contributed by atoms with Gasteiger partial charge in [-0.25, -0.2) is 8.42 Å². The Morgan fingerprint density at radius 3 is 2.68 bits per heavy atom. The molecular weight excluding hydrogens is 332 g/mol. The number of nitrogens with one attached hydrogen (secondary N) is 1. The zero-order valence-corrected chi connectivity index (χ0v) is 13.1. The minimum absolute atomic E-state index is 0.0415. The van der Waals surface area contributed by atoms with Gasteiger partial charge >= 0.3 is 0 Å². The summed E-state index contributed by atoms with van der Waals surface area (Å²) in [5, 5.41) is 2.55. The molecule has 0 aliphatic heterocycles. The molecule has 0 saturated carbocycles. The predicted molar refractivity (Wildman–Crippen MR) is 80.7 cm³/mol. The SMILES string of the molecule is CCCCS(=O)(=O)CC(=O)Nc1ccc(N)cc1Br. The fourth-order valence-corrected chi connectivity index (χ4v) is 3.30. The summed E-state index contributed by atoms with van der Waals surface area (Å²) in [6, 6.07) is 4.89. The van der Waals surface area contributed by atoms with E-state index < -0.39 is 21.5 Å². The first-order valence-electron chi connectivity index (χ1n) is 5.89. The number of carbonyl (C=O) groups excluding carboxylic acids is 1. The summed E-state index contributed by atoms with van der Waals surface area (Å²) in [6.07, 6.45) is 1.35. The van der Waals surface area contributed by atoms with Gasteiger partial charge in [-0.15, -0.1) is 0 Å². The smallest absolute Gasteiger partial charge is 0.239 e. The Morgan fingerprint density at radius 1 is 1.42 bits per heavy atom. The van der Waals surface area contributed by atoms with Crippen LogP contribution in [0.3, 0.4) is 0 Å². The highest BCUT2D eigenvalue weighted by molar-refractivity contribution is 9.10. The minimum atomic E-state index is -3.34. The topological polar surface area (TPSA) is 89.3 Å². The second-order valence-electron chi connectivity index (χ2n) is 4.23. The van der Waals surface area contributed by atoms with Crippen molar-refractivity contribution in [2.75, 3.05) is 22.6 Å². The van der Waals surface area contributed by atoms with Crippen molar-refractivity contribution in [2.45, 2.75) is 19.8 Å². The maximum atomic E-state index is 11.7. The molecule has 0 radical (unpaired) electrons. The Balaban J connectivity index is 2.65. The highest BCUT2D eigenvalue weighted by atomic mass is 79.9. The van der Waals surface area contributed by atoms with E-state index in [1.807, 2.05) is 6.92 Å². The average molecular weight is 349 g/mol. The van der Waals surface area contributed by atoms with E-state index >= 15 is 0 Å². The van der Waals surface area contributed by atoms with E-state index in [2.05, 4.69) is 21.2 Å². The van der Waals surface area contributed by atoms with E-state index in [0.717, 1.165) is 6.42 Å². The lowest BCUT2D eigenvalue weighted by molar-refractivity contribution is -0.113. The van der Waals surface area contributed by atoms with Crippen LogP contribution in [0.1, 0.15) is 19.8 Å². The number of hydrogen-bond donors (Lipinski definition) is 2. The molecule has 0 saturated heterocycles. The number of unbranched alkanes of at least 4 members (excludes halogenated alkanes) is 1. The van der Waals surface area contributed by atoms with Crippen molar-refractivity contribution in [2.24, 2.45) is 0 Å². The average Bonchev–Trinajstić information content (AvgIpc) is 2.29. The highest BCUT2D eigenvalue weighted by Gasteiger charge is 2.16. The molecule has 0 unspecified atom stereocenters. The van der Waals surface area contributed by atoms with Gasteiger partial charge < -0.3 is 11.1 Å². The summed E-state index contributed by atoms with van der Waals surface area (Å²) >= 11 is 3.25. The third-order valence-corrected chi connectivity index (χ3v) is 4.70. The van der Waals surface area contributed by atoms with Gasteiger partial charge in [0.15, 0.2) is 9.84 Å². The van der Waals surface area contributed by atoms with Gasteiger partial charge in [0, 0.05) is 10.2 Å². The van der Waals surface area contributed by atoms with E-state index in [0.29, 0.717) is 22.3 Å². The minimum Gasteiger partial charge on any atom is -0.399 e. The molecule has 0 bridgehead atoms. The van der Waals surface area contributed by atoms with E-state index in [9.17, 15) is 13.2 Å². The van der Waals surface area contributed by atoms with Gasteiger partial charge in [-0.3, -0.25) is 4.79 Å².